The van der Waals surface area contributed by atoms with Crippen molar-refractivity contribution in [2.45, 2.75) is 45.3 Å². The van der Waals surface area contributed by atoms with Gasteiger partial charge in [0.2, 0.25) is 0 Å². The number of aryl methyl sites for hydroxylation is 1. The second-order valence-corrected chi connectivity index (χ2v) is 11.1. The van der Waals surface area contributed by atoms with Gasteiger partial charge in [0.1, 0.15) is 11.6 Å². The van der Waals surface area contributed by atoms with Gasteiger partial charge in [-0.15, -0.1) is 11.3 Å². The molecule has 1 atom stereocenters. The number of amides is 2. The van der Waals surface area contributed by atoms with E-state index in [4.69, 9.17) is 0 Å². The van der Waals surface area contributed by atoms with E-state index in [9.17, 15) is 13.6 Å². The molecule has 2 aliphatic rings. The van der Waals surface area contributed by atoms with Crippen LogP contribution in [-0.2, 0) is 19.5 Å². The molecule has 4 heterocycles. The number of hydrogen-bond donors (Lipinski definition) is 2. The Kier molecular flexibility index (Phi) is 6.37. The van der Waals surface area contributed by atoms with Crippen molar-refractivity contribution in [3.05, 3.63) is 69.9 Å². The minimum absolute atomic E-state index is 0.0710. The zero-order valence-corrected chi connectivity index (χ0v) is 21.4. The molecule has 4 aromatic rings. The quantitative estimate of drug-likeness (QED) is 0.395. The average Bonchev–Trinajstić information content (AvgIpc) is 3.48. The molecule has 6 rings (SSSR count). The molecule has 2 aromatic carbocycles. The molecule has 10 heteroatoms. The van der Waals surface area contributed by atoms with E-state index < -0.39 is 11.6 Å². The number of hydrogen-bond acceptors (Lipinski definition) is 5. The number of piperidine rings is 1. The SMILES string of the molecule is Cc1nc2ccc(-c3n[nH]c4c3CN(C(=O)NC3CCCN(Cc5c(F)cccc5F)C3)CC4)cc2s1. The third-order valence-electron chi connectivity index (χ3n) is 7.27. The van der Waals surface area contributed by atoms with Gasteiger partial charge in [-0.2, -0.15) is 5.10 Å². The van der Waals surface area contributed by atoms with E-state index in [0.29, 0.717) is 26.1 Å². The number of aromatic amines is 1. The summed E-state index contributed by atoms with van der Waals surface area (Å²) in [6.45, 7) is 4.58. The summed E-state index contributed by atoms with van der Waals surface area (Å²) in [6, 6.07) is 9.93. The Labute approximate surface area is 217 Å². The van der Waals surface area contributed by atoms with Gasteiger partial charge in [-0.3, -0.25) is 10.00 Å². The lowest BCUT2D eigenvalue weighted by molar-refractivity contribution is 0.158. The number of H-pyrrole nitrogens is 1. The van der Waals surface area contributed by atoms with E-state index in [1.165, 1.54) is 18.2 Å². The fourth-order valence-electron chi connectivity index (χ4n) is 5.38. The third kappa shape index (κ3) is 4.83. The van der Waals surface area contributed by atoms with Crippen molar-refractivity contribution in [1.29, 1.82) is 0 Å². The van der Waals surface area contributed by atoms with Gasteiger partial charge in [0.25, 0.3) is 0 Å². The summed E-state index contributed by atoms with van der Waals surface area (Å²) >= 11 is 1.66. The molecule has 0 bridgehead atoms. The highest BCUT2D eigenvalue weighted by atomic mass is 32.1. The zero-order valence-electron chi connectivity index (χ0n) is 20.6. The van der Waals surface area contributed by atoms with Gasteiger partial charge < -0.3 is 10.2 Å². The lowest BCUT2D eigenvalue weighted by Crippen LogP contribution is -2.52. The van der Waals surface area contributed by atoms with Crippen LogP contribution in [0.4, 0.5) is 13.6 Å². The first-order valence-electron chi connectivity index (χ1n) is 12.6. The fourth-order valence-corrected chi connectivity index (χ4v) is 6.25. The van der Waals surface area contributed by atoms with Crippen molar-refractivity contribution in [2.24, 2.45) is 0 Å². The Morgan fingerprint density at radius 1 is 1.22 bits per heavy atom. The number of urea groups is 1. The number of nitrogens with one attached hydrogen (secondary N) is 2. The number of likely N-dealkylation sites (tertiary alicyclic amines) is 1. The summed E-state index contributed by atoms with van der Waals surface area (Å²) < 4.78 is 29.4. The molecule has 37 heavy (non-hydrogen) atoms. The molecule has 0 aliphatic carbocycles. The highest BCUT2D eigenvalue weighted by molar-refractivity contribution is 7.18. The van der Waals surface area contributed by atoms with Gasteiger partial charge in [-0.1, -0.05) is 12.1 Å². The van der Waals surface area contributed by atoms with Crippen LogP contribution in [0.3, 0.4) is 0 Å². The first kappa shape index (κ1) is 24.0. The van der Waals surface area contributed by atoms with Crippen LogP contribution in [0.5, 0.6) is 0 Å². The number of thiazole rings is 1. The van der Waals surface area contributed by atoms with Crippen LogP contribution < -0.4 is 5.32 Å². The highest BCUT2D eigenvalue weighted by Gasteiger charge is 2.29. The van der Waals surface area contributed by atoms with Gasteiger partial charge in [0.15, 0.2) is 0 Å². The van der Waals surface area contributed by atoms with E-state index >= 15 is 0 Å². The molecule has 7 nitrogen and oxygen atoms in total. The number of rotatable bonds is 4. The number of carbonyl (C=O) groups is 1. The second kappa shape index (κ2) is 9.83. The fraction of sp³-hybridized carbons (Fsp3) is 0.370. The molecular weight excluding hydrogens is 494 g/mol. The maximum Gasteiger partial charge on any atom is 0.317 e. The molecule has 2 aliphatic heterocycles. The van der Waals surface area contributed by atoms with Crippen LogP contribution in [-0.4, -0.2) is 56.7 Å². The summed E-state index contributed by atoms with van der Waals surface area (Å²) in [7, 11) is 0. The Bertz CT molecular complexity index is 1450. The monoisotopic (exact) mass is 522 g/mol. The summed E-state index contributed by atoms with van der Waals surface area (Å²) in [5, 5.41) is 11.9. The molecule has 2 amide bonds. The number of halogens is 2. The standard InChI is InChI=1S/C27H28F2N6OS/c1-16-30-24-8-7-17(12-25(24)37-16)26-20-15-35(11-9-23(20)32-33-26)27(36)31-18-4-3-10-34(13-18)14-19-21(28)5-2-6-22(19)29/h2,5-8,12,18H,3-4,9-11,13-15H2,1H3,(H,31,36)(H,32,33). The van der Waals surface area contributed by atoms with Crippen molar-refractivity contribution >= 4 is 27.6 Å². The topological polar surface area (TPSA) is 77.1 Å². The zero-order chi connectivity index (χ0) is 25.5. The number of aromatic nitrogens is 3. The molecule has 2 aromatic heterocycles. The Morgan fingerprint density at radius 3 is 2.89 bits per heavy atom. The lowest BCUT2D eigenvalue weighted by atomic mass is 10.0. The maximum absolute atomic E-state index is 14.1. The summed E-state index contributed by atoms with van der Waals surface area (Å²) in [4.78, 5) is 21.6. The Hall–Kier alpha value is -3.37. The molecular formula is C27H28F2N6OS. The molecule has 1 saturated heterocycles. The second-order valence-electron chi connectivity index (χ2n) is 9.84. The third-order valence-corrected chi connectivity index (χ3v) is 8.20. The van der Waals surface area contributed by atoms with E-state index in [-0.39, 0.29) is 24.2 Å². The number of nitrogens with zero attached hydrogens (tertiary/aromatic N) is 4. The average molecular weight is 523 g/mol. The maximum atomic E-state index is 14.1. The summed E-state index contributed by atoms with van der Waals surface area (Å²) in [5.41, 5.74) is 5.06. The van der Waals surface area contributed by atoms with Crippen molar-refractivity contribution in [1.82, 2.24) is 30.3 Å². The smallest absolute Gasteiger partial charge is 0.317 e. The molecule has 1 fully saturated rings. The van der Waals surface area contributed by atoms with Crippen molar-refractivity contribution < 1.29 is 13.6 Å². The van der Waals surface area contributed by atoms with Gasteiger partial charge in [-0.25, -0.2) is 18.6 Å². The Morgan fingerprint density at radius 2 is 2.05 bits per heavy atom. The predicted octanol–water partition coefficient (Wildman–Crippen LogP) is 5.01. The van der Waals surface area contributed by atoms with E-state index in [0.717, 1.165) is 57.1 Å². The van der Waals surface area contributed by atoms with Crippen LogP contribution >= 0.6 is 11.3 Å². The highest BCUT2D eigenvalue weighted by Crippen LogP contribution is 2.32. The first-order chi connectivity index (χ1) is 17.9. The molecule has 0 radical (unpaired) electrons. The Balaban J connectivity index is 1.13. The van der Waals surface area contributed by atoms with Crippen molar-refractivity contribution in [2.75, 3.05) is 19.6 Å². The minimum atomic E-state index is -0.532. The molecule has 2 N–H and O–H groups in total. The van der Waals surface area contributed by atoms with Gasteiger partial charge >= 0.3 is 6.03 Å². The van der Waals surface area contributed by atoms with Crippen LogP contribution in [0.15, 0.2) is 36.4 Å². The minimum Gasteiger partial charge on any atom is -0.334 e. The van der Waals surface area contributed by atoms with E-state index in [2.05, 4.69) is 26.6 Å². The van der Waals surface area contributed by atoms with E-state index in [1.807, 2.05) is 28.9 Å². The largest absolute Gasteiger partial charge is 0.334 e. The van der Waals surface area contributed by atoms with Crippen LogP contribution in [0, 0.1) is 18.6 Å². The normalized spacial score (nSPS) is 18.2. The van der Waals surface area contributed by atoms with E-state index in [1.54, 1.807) is 11.3 Å². The molecule has 0 saturated carbocycles. The molecule has 0 spiro atoms. The van der Waals surface area contributed by atoms with Crippen LogP contribution in [0.2, 0.25) is 0 Å². The van der Waals surface area contributed by atoms with Crippen molar-refractivity contribution in [3.8, 4) is 11.3 Å². The molecule has 192 valence electrons. The number of fused-ring (bicyclic) bond motifs is 2. The van der Waals surface area contributed by atoms with Gasteiger partial charge in [0.05, 0.1) is 27.5 Å². The summed E-state index contributed by atoms with van der Waals surface area (Å²) in [6.07, 6.45) is 2.41. The first-order valence-corrected chi connectivity index (χ1v) is 13.4. The summed E-state index contributed by atoms with van der Waals surface area (Å²) in [5.74, 6) is -1.06. The van der Waals surface area contributed by atoms with Crippen LogP contribution in [0.25, 0.3) is 21.5 Å². The number of benzene rings is 2. The number of carbonyl (C=O) groups excluding carboxylic acids is 1. The van der Waals surface area contributed by atoms with Gasteiger partial charge in [0, 0.05) is 54.5 Å². The molecule has 1 unspecified atom stereocenters. The van der Waals surface area contributed by atoms with Crippen LogP contribution in [0.1, 0.15) is 34.7 Å². The van der Waals surface area contributed by atoms with Gasteiger partial charge in [-0.05, 0) is 50.6 Å². The predicted molar refractivity (Wildman–Crippen MR) is 139 cm³/mol. The van der Waals surface area contributed by atoms with Crippen molar-refractivity contribution in [3.63, 3.8) is 0 Å². The lowest BCUT2D eigenvalue weighted by Gasteiger charge is -2.35.